The minimum absolute atomic E-state index is 0.236. The number of benzene rings is 1. The monoisotopic (exact) mass is 368 g/mol. The van der Waals surface area contributed by atoms with E-state index in [0.29, 0.717) is 11.8 Å². The van der Waals surface area contributed by atoms with Crippen molar-refractivity contribution in [3.8, 4) is 17.3 Å². The summed E-state index contributed by atoms with van der Waals surface area (Å²) in [5.74, 6) is 1.27. The molecule has 2 aliphatic rings. The van der Waals surface area contributed by atoms with Crippen LogP contribution in [0.25, 0.3) is 11.3 Å². The lowest BCUT2D eigenvalue weighted by Crippen LogP contribution is -2.47. The third kappa shape index (κ3) is 2.95. The number of aromatic nitrogens is 4. The van der Waals surface area contributed by atoms with Gasteiger partial charge in [-0.2, -0.15) is 4.98 Å². The summed E-state index contributed by atoms with van der Waals surface area (Å²) in [6.07, 6.45) is 3.87. The maximum atomic E-state index is 13.2. The van der Waals surface area contributed by atoms with Gasteiger partial charge in [0.1, 0.15) is 23.1 Å². The molecular weight excluding hydrogens is 347 g/mol. The van der Waals surface area contributed by atoms with Gasteiger partial charge in [-0.1, -0.05) is 0 Å². The summed E-state index contributed by atoms with van der Waals surface area (Å²) in [4.78, 5) is 11.3. The molecule has 0 fully saturated rings. The smallest absolute Gasteiger partial charge is 0.299 e. The van der Waals surface area contributed by atoms with Crippen molar-refractivity contribution < 1.29 is 9.13 Å². The number of anilines is 1. The first-order valence-electron chi connectivity index (χ1n) is 9.03. The second kappa shape index (κ2) is 5.82. The maximum Gasteiger partial charge on any atom is 0.299 e. The SMILES string of the molecule is C[C@]1(CN2CCn3cc(-c4ccc(F)cc4)nc3C2)Cn2cc(N)nc2O1. The van der Waals surface area contributed by atoms with Crippen molar-refractivity contribution in [1.29, 1.82) is 0 Å². The number of nitrogens with two attached hydrogens (primary N) is 1. The van der Waals surface area contributed by atoms with Crippen LogP contribution in [0.3, 0.4) is 0 Å². The van der Waals surface area contributed by atoms with Gasteiger partial charge in [-0.15, -0.1) is 0 Å². The minimum atomic E-state index is -0.329. The standard InChI is InChI=1S/C19H21FN6O/c1-19(12-26-9-16(21)23-18(26)27-19)11-24-6-7-25-8-15(22-17(25)10-24)13-2-4-14(20)5-3-13/h2-5,8-9H,6-7,10-12,21H2,1H3/t19-/m0/s1. The number of imidazole rings is 2. The highest BCUT2D eigenvalue weighted by molar-refractivity contribution is 5.58. The number of ether oxygens (including phenoxy) is 1. The molecule has 4 heterocycles. The fourth-order valence-corrected chi connectivity index (χ4v) is 3.98. The van der Waals surface area contributed by atoms with Crippen LogP contribution >= 0.6 is 0 Å². The van der Waals surface area contributed by atoms with E-state index in [0.717, 1.165) is 49.8 Å². The Labute approximate surface area is 156 Å². The lowest BCUT2D eigenvalue weighted by atomic mass is 10.1. The van der Waals surface area contributed by atoms with Crippen molar-refractivity contribution >= 4 is 5.82 Å². The van der Waals surface area contributed by atoms with Gasteiger partial charge in [0, 0.05) is 31.4 Å². The van der Waals surface area contributed by atoms with Gasteiger partial charge in [0.05, 0.1) is 25.0 Å². The molecule has 0 aliphatic carbocycles. The van der Waals surface area contributed by atoms with E-state index in [9.17, 15) is 4.39 Å². The lowest BCUT2D eigenvalue weighted by molar-refractivity contribution is 0.0468. The van der Waals surface area contributed by atoms with Gasteiger partial charge in [0.15, 0.2) is 0 Å². The zero-order valence-electron chi connectivity index (χ0n) is 15.1. The Morgan fingerprint density at radius 3 is 2.74 bits per heavy atom. The largest absolute Gasteiger partial charge is 0.455 e. The molecule has 2 aromatic heterocycles. The highest BCUT2D eigenvalue weighted by Crippen LogP contribution is 2.31. The first-order valence-corrected chi connectivity index (χ1v) is 9.03. The topological polar surface area (TPSA) is 74.1 Å². The van der Waals surface area contributed by atoms with Crippen molar-refractivity contribution in [1.82, 2.24) is 24.0 Å². The number of halogens is 1. The summed E-state index contributed by atoms with van der Waals surface area (Å²) in [6.45, 7) is 6.17. The molecule has 0 saturated carbocycles. The molecule has 3 aromatic rings. The predicted octanol–water partition coefficient (Wildman–Crippen LogP) is 2.13. The van der Waals surface area contributed by atoms with Gasteiger partial charge in [-0.05, 0) is 31.2 Å². The molecule has 0 bridgehead atoms. The Balaban J connectivity index is 1.30. The van der Waals surface area contributed by atoms with E-state index < -0.39 is 0 Å². The maximum absolute atomic E-state index is 13.2. The molecular formula is C19H21FN6O. The summed E-state index contributed by atoms with van der Waals surface area (Å²) in [6, 6.07) is 7.05. The van der Waals surface area contributed by atoms with Gasteiger partial charge in [-0.3, -0.25) is 9.47 Å². The van der Waals surface area contributed by atoms with Gasteiger partial charge in [0.25, 0.3) is 6.01 Å². The molecule has 2 N–H and O–H groups in total. The molecule has 0 spiro atoms. The zero-order chi connectivity index (χ0) is 18.6. The summed E-state index contributed by atoms with van der Waals surface area (Å²) < 4.78 is 23.4. The number of nitrogens with zero attached hydrogens (tertiary/aromatic N) is 5. The molecule has 0 unspecified atom stereocenters. The first-order chi connectivity index (χ1) is 13.0. The number of hydrogen-bond acceptors (Lipinski definition) is 5. The van der Waals surface area contributed by atoms with Crippen molar-refractivity contribution in [3.05, 3.63) is 48.3 Å². The van der Waals surface area contributed by atoms with Gasteiger partial charge >= 0.3 is 0 Å². The van der Waals surface area contributed by atoms with Crippen molar-refractivity contribution in [2.45, 2.75) is 32.2 Å². The summed E-state index contributed by atoms with van der Waals surface area (Å²) in [7, 11) is 0. The fraction of sp³-hybridized carbons (Fsp3) is 0.368. The first kappa shape index (κ1) is 16.3. The average Bonchev–Trinajstić information content (AvgIpc) is 3.25. The molecule has 140 valence electrons. The normalized spacial score (nSPS) is 21.7. The second-order valence-electron chi connectivity index (χ2n) is 7.58. The zero-order valence-corrected chi connectivity index (χ0v) is 15.1. The summed E-state index contributed by atoms with van der Waals surface area (Å²) in [5, 5.41) is 0. The molecule has 7 nitrogen and oxygen atoms in total. The van der Waals surface area contributed by atoms with Crippen LogP contribution in [0.1, 0.15) is 12.7 Å². The van der Waals surface area contributed by atoms with E-state index in [1.807, 2.05) is 17.0 Å². The lowest BCUT2D eigenvalue weighted by Gasteiger charge is -2.33. The highest BCUT2D eigenvalue weighted by Gasteiger charge is 2.38. The third-order valence-corrected chi connectivity index (χ3v) is 5.18. The van der Waals surface area contributed by atoms with E-state index in [-0.39, 0.29) is 11.4 Å². The number of hydrogen-bond donors (Lipinski definition) is 1. The van der Waals surface area contributed by atoms with Crippen molar-refractivity contribution in [2.75, 3.05) is 18.8 Å². The van der Waals surface area contributed by atoms with Crippen LogP contribution in [-0.4, -0.2) is 42.7 Å². The molecule has 1 atom stereocenters. The molecule has 0 radical (unpaired) electrons. The Morgan fingerprint density at radius 2 is 1.96 bits per heavy atom. The summed E-state index contributed by atoms with van der Waals surface area (Å²) >= 11 is 0. The molecule has 27 heavy (non-hydrogen) atoms. The van der Waals surface area contributed by atoms with E-state index >= 15 is 0 Å². The highest BCUT2D eigenvalue weighted by atomic mass is 19.1. The van der Waals surface area contributed by atoms with Crippen molar-refractivity contribution in [3.63, 3.8) is 0 Å². The van der Waals surface area contributed by atoms with Crippen molar-refractivity contribution in [2.24, 2.45) is 0 Å². The van der Waals surface area contributed by atoms with E-state index in [4.69, 9.17) is 15.5 Å². The van der Waals surface area contributed by atoms with Crippen LogP contribution in [0.5, 0.6) is 6.01 Å². The second-order valence-corrected chi connectivity index (χ2v) is 7.58. The Morgan fingerprint density at radius 1 is 1.15 bits per heavy atom. The Kier molecular flexibility index (Phi) is 3.51. The van der Waals surface area contributed by atoms with Gasteiger partial charge < -0.3 is 15.0 Å². The molecule has 0 amide bonds. The minimum Gasteiger partial charge on any atom is -0.455 e. The third-order valence-electron chi connectivity index (χ3n) is 5.18. The molecule has 8 heteroatoms. The van der Waals surface area contributed by atoms with E-state index in [1.54, 1.807) is 12.1 Å². The number of nitrogen functional groups attached to an aromatic ring is 1. The Hall–Kier alpha value is -2.87. The fourth-order valence-electron chi connectivity index (χ4n) is 3.98. The molecule has 5 rings (SSSR count). The van der Waals surface area contributed by atoms with E-state index in [1.165, 1.54) is 12.1 Å². The van der Waals surface area contributed by atoms with Gasteiger partial charge in [-0.25, -0.2) is 9.37 Å². The average molecular weight is 368 g/mol. The van der Waals surface area contributed by atoms with Gasteiger partial charge in [0.2, 0.25) is 0 Å². The van der Waals surface area contributed by atoms with Crippen LogP contribution < -0.4 is 10.5 Å². The van der Waals surface area contributed by atoms with Crippen LogP contribution in [0.4, 0.5) is 10.2 Å². The van der Waals surface area contributed by atoms with Crippen LogP contribution in [-0.2, 0) is 19.6 Å². The van der Waals surface area contributed by atoms with Crippen LogP contribution in [0.2, 0.25) is 0 Å². The van der Waals surface area contributed by atoms with E-state index in [2.05, 4.69) is 21.4 Å². The quantitative estimate of drug-likeness (QED) is 0.767. The predicted molar refractivity (Wildman–Crippen MR) is 98.6 cm³/mol. The summed E-state index contributed by atoms with van der Waals surface area (Å²) in [5.41, 5.74) is 7.20. The Bertz CT molecular complexity index is 969. The van der Waals surface area contributed by atoms with Crippen LogP contribution in [0.15, 0.2) is 36.7 Å². The molecule has 2 aliphatic heterocycles. The molecule has 1 aromatic carbocycles. The number of rotatable bonds is 3. The van der Waals surface area contributed by atoms with Crippen LogP contribution in [0, 0.1) is 5.82 Å². The number of fused-ring (bicyclic) bond motifs is 2. The molecule has 0 saturated heterocycles.